The molecule has 5 heteroatoms. The van der Waals surface area contributed by atoms with E-state index >= 15 is 0 Å². The van der Waals surface area contributed by atoms with E-state index in [9.17, 15) is 9.59 Å². The predicted octanol–water partition coefficient (Wildman–Crippen LogP) is 5.48. The van der Waals surface area contributed by atoms with Crippen molar-refractivity contribution in [3.63, 3.8) is 0 Å². The van der Waals surface area contributed by atoms with Gasteiger partial charge in [0.1, 0.15) is 12.4 Å². The topological polar surface area (TPSA) is 64.6 Å². The fraction of sp³-hybridized carbons (Fsp3) is 0.154. The van der Waals surface area contributed by atoms with Gasteiger partial charge in [-0.2, -0.15) is 0 Å². The molecule has 3 rings (SSSR count). The second kappa shape index (κ2) is 10.8. The van der Waals surface area contributed by atoms with Gasteiger partial charge in [-0.3, -0.25) is 4.79 Å². The van der Waals surface area contributed by atoms with E-state index < -0.39 is 0 Å². The standard InChI is InChI=1S/C26H25NO4/c1-19(2)31-26(29)22-11-13-23(14-12-22)27-25(28)17-10-20-8-15-24(16-9-20)30-18-21-6-4-3-5-7-21/h3-17,19H,18H2,1-2H3,(H,27,28)/b17-10+. The summed E-state index contributed by atoms with van der Waals surface area (Å²) >= 11 is 0. The number of ether oxygens (including phenoxy) is 2. The first-order valence-corrected chi connectivity index (χ1v) is 10.1. The molecular formula is C26H25NO4. The summed E-state index contributed by atoms with van der Waals surface area (Å²) in [5, 5.41) is 2.77. The Bertz CT molecular complexity index is 1020. The molecule has 0 radical (unpaired) electrons. The zero-order valence-electron chi connectivity index (χ0n) is 17.6. The fourth-order valence-corrected chi connectivity index (χ4v) is 2.74. The Morgan fingerprint density at radius 1 is 0.903 bits per heavy atom. The van der Waals surface area contributed by atoms with Crippen molar-refractivity contribution in [2.75, 3.05) is 5.32 Å². The first-order chi connectivity index (χ1) is 15.0. The molecule has 0 heterocycles. The Morgan fingerprint density at radius 2 is 1.58 bits per heavy atom. The van der Waals surface area contributed by atoms with Crippen molar-refractivity contribution in [3.05, 3.63) is 102 Å². The van der Waals surface area contributed by atoms with Gasteiger partial charge in [0.15, 0.2) is 0 Å². The van der Waals surface area contributed by atoms with Crippen LogP contribution in [0.1, 0.15) is 35.3 Å². The normalized spacial score (nSPS) is 10.8. The number of benzene rings is 3. The van der Waals surface area contributed by atoms with E-state index in [1.54, 1.807) is 44.2 Å². The summed E-state index contributed by atoms with van der Waals surface area (Å²) in [6.07, 6.45) is 3.01. The molecule has 0 fully saturated rings. The minimum atomic E-state index is -0.385. The average Bonchev–Trinajstić information content (AvgIpc) is 2.78. The van der Waals surface area contributed by atoms with Crippen molar-refractivity contribution in [2.45, 2.75) is 26.6 Å². The lowest BCUT2D eigenvalue weighted by Gasteiger charge is -2.08. The van der Waals surface area contributed by atoms with Crippen LogP contribution in [0.4, 0.5) is 5.69 Å². The van der Waals surface area contributed by atoms with Crippen molar-refractivity contribution >= 4 is 23.6 Å². The predicted molar refractivity (Wildman–Crippen MR) is 122 cm³/mol. The van der Waals surface area contributed by atoms with E-state index in [2.05, 4.69) is 5.32 Å². The second-order valence-corrected chi connectivity index (χ2v) is 7.20. The smallest absolute Gasteiger partial charge is 0.338 e. The van der Waals surface area contributed by atoms with E-state index in [4.69, 9.17) is 9.47 Å². The van der Waals surface area contributed by atoms with Gasteiger partial charge in [-0.15, -0.1) is 0 Å². The molecule has 0 unspecified atom stereocenters. The lowest BCUT2D eigenvalue weighted by molar-refractivity contribution is -0.111. The summed E-state index contributed by atoms with van der Waals surface area (Å²) in [5.41, 5.74) is 3.03. The monoisotopic (exact) mass is 415 g/mol. The van der Waals surface area contributed by atoms with Gasteiger partial charge in [0, 0.05) is 11.8 Å². The summed E-state index contributed by atoms with van der Waals surface area (Å²) in [7, 11) is 0. The SMILES string of the molecule is CC(C)OC(=O)c1ccc(NC(=O)/C=C/c2ccc(OCc3ccccc3)cc2)cc1. The van der Waals surface area contributed by atoms with E-state index in [0.717, 1.165) is 16.9 Å². The maximum absolute atomic E-state index is 12.2. The number of hydrogen-bond acceptors (Lipinski definition) is 4. The quantitative estimate of drug-likeness (QED) is 0.391. The van der Waals surface area contributed by atoms with E-state index in [1.165, 1.54) is 6.08 Å². The summed E-state index contributed by atoms with van der Waals surface area (Å²) < 4.78 is 10.9. The largest absolute Gasteiger partial charge is 0.489 e. The number of esters is 1. The summed E-state index contributed by atoms with van der Waals surface area (Å²) in [4.78, 5) is 24.0. The highest BCUT2D eigenvalue weighted by Crippen LogP contribution is 2.16. The first kappa shape index (κ1) is 21.8. The highest BCUT2D eigenvalue weighted by Gasteiger charge is 2.09. The van der Waals surface area contributed by atoms with Crippen molar-refractivity contribution < 1.29 is 19.1 Å². The van der Waals surface area contributed by atoms with Crippen LogP contribution in [0.2, 0.25) is 0 Å². The molecule has 1 amide bonds. The molecule has 0 saturated heterocycles. The third-order valence-corrected chi connectivity index (χ3v) is 4.29. The minimum Gasteiger partial charge on any atom is -0.489 e. The highest BCUT2D eigenvalue weighted by atomic mass is 16.5. The van der Waals surface area contributed by atoms with Crippen LogP contribution < -0.4 is 10.1 Å². The van der Waals surface area contributed by atoms with Gasteiger partial charge in [0.25, 0.3) is 0 Å². The number of amides is 1. The lowest BCUT2D eigenvalue weighted by atomic mass is 10.2. The number of carbonyl (C=O) groups excluding carboxylic acids is 2. The van der Waals surface area contributed by atoms with E-state index in [1.807, 2.05) is 54.6 Å². The Kier molecular flexibility index (Phi) is 7.60. The third kappa shape index (κ3) is 7.16. The van der Waals surface area contributed by atoms with Crippen LogP contribution in [-0.2, 0) is 16.1 Å². The van der Waals surface area contributed by atoms with Crippen LogP contribution in [0.5, 0.6) is 5.75 Å². The Hall–Kier alpha value is -3.86. The molecule has 0 spiro atoms. The highest BCUT2D eigenvalue weighted by molar-refractivity contribution is 6.02. The van der Waals surface area contributed by atoms with Gasteiger partial charge in [0.05, 0.1) is 11.7 Å². The van der Waals surface area contributed by atoms with Gasteiger partial charge < -0.3 is 14.8 Å². The fourth-order valence-electron chi connectivity index (χ4n) is 2.74. The number of hydrogen-bond donors (Lipinski definition) is 1. The maximum Gasteiger partial charge on any atom is 0.338 e. The minimum absolute atomic E-state index is 0.179. The van der Waals surface area contributed by atoms with Crippen LogP contribution in [0.3, 0.4) is 0 Å². The molecule has 3 aromatic carbocycles. The van der Waals surface area contributed by atoms with Crippen LogP contribution >= 0.6 is 0 Å². The maximum atomic E-state index is 12.2. The first-order valence-electron chi connectivity index (χ1n) is 10.1. The summed E-state index contributed by atoms with van der Waals surface area (Å²) in [6, 6.07) is 24.1. The van der Waals surface area contributed by atoms with Crippen molar-refractivity contribution in [3.8, 4) is 5.75 Å². The molecule has 1 N–H and O–H groups in total. The van der Waals surface area contributed by atoms with Gasteiger partial charge in [-0.05, 0) is 67.4 Å². The van der Waals surface area contributed by atoms with Crippen LogP contribution in [-0.4, -0.2) is 18.0 Å². The molecule has 5 nitrogen and oxygen atoms in total. The average molecular weight is 415 g/mol. The molecule has 0 aromatic heterocycles. The molecule has 0 aliphatic carbocycles. The molecule has 0 aliphatic heterocycles. The van der Waals surface area contributed by atoms with Crippen LogP contribution in [0, 0.1) is 0 Å². The zero-order valence-corrected chi connectivity index (χ0v) is 17.6. The Morgan fingerprint density at radius 3 is 2.23 bits per heavy atom. The van der Waals surface area contributed by atoms with Crippen molar-refractivity contribution in [2.24, 2.45) is 0 Å². The summed E-state index contributed by atoms with van der Waals surface area (Å²) in [6.45, 7) is 4.10. The molecule has 0 saturated carbocycles. The van der Waals surface area contributed by atoms with Gasteiger partial charge >= 0.3 is 5.97 Å². The molecular weight excluding hydrogens is 390 g/mol. The van der Waals surface area contributed by atoms with Crippen molar-refractivity contribution in [1.29, 1.82) is 0 Å². The van der Waals surface area contributed by atoms with Gasteiger partial charge in [-0.25, -0.2) is 4.79 Å². The number of anilines is 1. The molecule has 31 heavy (non-hydrogen) atoms. The van der Waals surface area contributed by atoms with Crippen molar-refractivity contribution in [1.82, 2.24) is 0 Å². The number of carbonyl (C=O) groups is 2. The third-order valence-electron chi connectivity index (χ3n) is 4.29. The molecule has 3 aromatic rings. The molecule has 0 bridgehead atoms. The molecule has 0 aliphatic rings. The number of rotatable bonds is 8. The zero-order chi connectivity index (χ0) is 22.1. The van der Waals surface area contributed by atoms with Crippen LogP contribution in [0.15, 0.2) is 84.9 Å². The second-order valence-electron chi connectivity index (χ2n) is 7.20. The Labute approximate surface area is 182 Å². The van der Waals surface area contributed by atoms with Crippen LogP contribution in [0.25, 0.3) is 6.08 Å². The van der Waals surface area contributed by atoms with Gasteiger partial charge in [-0.1, -0.05) is 42.5 Å². The molecule has 158 valence electrons. The van der Waals surface area contributed by atoms with E-state index in [-0.39, 0.29) is 18.0 Å². The number of nitrogens with one attached hydrogen (secondary N) is 1. The van der Waals surface area contributed by atoms with Gasteiger partial charge in [0.2, 0.25) is 5.91 Å². The van der Waals surface area contributed by atoms with E-state index in [0.29, 0.717) is 17.9 Å². The lowest BCUT2D eigenvalue weighted by Crippen LogP contribution is -2.12. The Balaban J connectivity index is 1.49. The molecule has 0 atom stereocenters. The summed E-state index contributed by atoms with van der Waals surface area (Å²) in [5.74, 6) is 0.118.